The Balaban J connectivity index is 1.95. The van der Waals surface area contributed by atoms with Crippen LogP contribution < -0.4 is 20.7 Å². The van der Waals surface area contributed by atoms with Gasteiger partial charge in [0.1, 0.15) is 0 Å². The van der Waals surface area contributed by atoms with E-state index >= 15 is 0 Å². The van der Waals surface area contributed by atoms with Gasteiger partial charge in [-0.1, -0.05) is 127 Å². The molecule has 5 aromatic rings. The summed E-state index contributed by atoms with van der Waals surface area (Å²) in [6.07, 6.45) is 0. The van der Waals surface area contributed by atoms with Crippen LogP contribution in [0.5, 0.6) is 0 Å². The Bertz CT molecular complexity index is 1320. The van der Waals surface area contributed by atoms with Crippen LogP contribution in [-0.4, -0.2) is 13.0 Å². The van der Waals surface area contributed by atoms with Crippen molar-refractivity contribution in [1.82, 2.24) is 0 Å². The summed E-state index contributed by atoms with van der Waals surface area (Å²) >= 11 is 0. The minimum absolute atomic E-state index is 0.118. The molecule has 164 valence electrons. The number of rotatable bonds is 6. The molecule has 34 heavy (non-hydrogen) atoms. The molecule has 0 aliphatic rings. The van der Waals surface area contributed by atoms with Crippen LogP contribution in [-0.2, 0) is 0 Å². The monoisotopic (exact) mass is 457 g/mol. The predicted molar refractivity (Wildman–Crippen MR) is 142 cm³/mol. The van der Waals surface area contributed by atoms with Crippen LogP contribution in [0.1, 0.15) is 0 Å². The van der Waals surface area contributed by atoms with Crippen molar-refractivity contribution in [2.45, 2.75) is 0 Å². The fourth-order valence-electron chi connectivity index (χ4n) is 4.94. The van der Waals surface area contributed by atoms with Gasteiger partial charge < -0.3 is 0 Å². The van der Waals surface area contributed by atoms with Gasteiger partial charge in [-0.3, -0.25) is 10.1 Å². The topological polar surface area (TPSA) is 43.1 Å². The molecule has 0 aromatic heterocycles. The van der Waals surface area contributed by atoms with Crippen molar-refractivity contribution in [2.24, 2.45) is 0 Å². The smallest absolute Gasteiger partial charge is 0.258 e. The summed E-state index contributed by atoms with van der Waals surface area (Å²) in [5.74, 6) is 0. The summed E-state index contributed by atoms with van der Waals surface area (Å²) in [7, 11) is -2.81. The van der Waals surface area contributed by atoms with Crippen LogP contribution >= 0.6 is 0 Å². The van der Waals surface area contributed by atoms with E-state index in [1.165, 1.54) is 15.6 Å². The summed E-state index contributed by atoms with van der Waals surface area (Å²) in [4.78, 5) is 11.7. The number of hydrogen-bond acceptors (Lipinski definition) is 2. The Hall–Kier alpha value is -4.28. The highest BCUT2D eigenvalue weighted by Crippen LogP contribution is 2.29. The van der Waals surface area contributed by atoms with Gasteiger partial charge in [-0.25, -0.2) is 0 Å². The first-order valence-electron chi connectivity index (χ1n) is 11.2. The molecule has 0 spiro atoms. The van der Waals surface area contributed by atoms with Crippen molar-refractivity contribution in [3.63, 3.8) is 0 Å². The minimum Gasteiger partial charge on any atom is -0.258 e. The second kappa shape index (κ2) is 9.30. The van der Waals surface area contributed by atoms with E-state index in [0.717, 1.165) is 10.8 Å². The van der Waals surface area contributed by atoms with Crippen molar-refractivity contribution in [2.75, 3.05) is 0 Å². The Kier molecular flexibility index (Phi) is 5.89. The lowest BCUT2D eigenvalue weighted by Crippen LogP contribution is -2.75. The van der Waals surface area contributed by atoms with E-state index in [1.807, 2.05) is 48.5 Å². The van der Waals surface area contributed by atoms with E-state index in [2.05, 4.69) is 78.9 Å². The zero-order chi connectivity index (χ0) is 23.4. The number of para-hydroxylation sites is 1. The molecule has 0 heterocycles. The first-order chi connectivity index (χ1) is 16.7. The first kappa shape index (κ1) is 21.6. The van der Waals surface area contributed by atoms with Gasteiger partial charge in [0, 0.05) is 6.07 Å². The van der Waals surface area contributed by atoms with Gasteiger partial charge in [0.25, 0.3) is 5.69 Å². The molecular weight excluding hydrogens is 434 g/mol. The van der Waals surface area contributed by atoms with Crippen LogP contribution in [0.15, 0.2) is 140 Å². The van der Waals surface area contributed by atoms with Gasteiger partial charge in [-0.15, -0.1) is 0 Å². The van der Waals surface area contributed by atoms with E-state index in [0.29, 0.717) is 5.56 Å². The lowest BCUT2D eigenvalue weighted by atomic mass is 10.0. The Morgan fingerprint density at radius 1 is 0.471 bits per heavy atom. The van der Waals surface area contributed by atoms with Crippen molar-refractivity contribution in [3.8, 4) is 11.1 Å². The summed E-state index contributed by atoms with van der Waals surface area (Å²) in [6.45, 7) is 0. The molecular formula is C30H23NO2Si. The molecule has 3 nitrogen and oxygen atoms in total. The molecule has 0 unspecified atom stereocenters. The molecule has 0 aliphatic heterocycles. The normalized spacial score (nSPS) is 11.2. The van der Waals surface area contributed by atoms with E-state index in [9.17, 15) is 10.1 Å². The molecule has 0 N–H and O–H groups in total. The standard InChI is InChI=1S/C30H23NO2Si/c32-31(33)29-22-12-10-20-27(29)28-21-11-13-23-30(28)34(24-14-4-1-5-15-24,25-16-6-2-7-17-25)26-18-8-3-9-19-26/h1-23H. The Morgan fingerprint density at radius 3 is 1.32 bits per heavy atom. The average molecular weight is 458 g/mol. The molecule has 0 radical (unpaired) electrons. The Morgan fingerprint density at radius 2 is 0.853 bits per heavy atom. The number of nitrogens with zero attached hydrogens (tertiary/aromatic N) is 1. The van der Waals surface area contributed by atoms with Crippen LogP contribution in [0.4, 0.5) is 5.69 Å². The summed E-state index contributed by atoms with van der Waals surface area (Å²) in [6, 6.07) is 47.0. The molecule has 5 aromatic carbocycles. The average Bonchev–Trinajstić information content (AvgIpc) is 2.91. The van der Waals surface area contributed by atoms with E-state index in [4.69, 9.17) is 0 Å². The molecule has 0 bridgehead atoms. The second-order valence-corrected chi connectivity index (χ2v) is 11.9. The minimum atomic E-state index is -2.81. The SMILES string of the molecule is O=[N+]([O-])c1ccccc1-c1ccccc1[Si](c1ccccc1)(c1ccccc1)c1ccccc1. The van der Waals surface area contributed by atoms with E-state index in [1.54, 1.807) is 12.1 Å². The van der Waals surface area contributed by atoms with Gasteiger partial charge in [0.15, 0.2) is 8.07 Å². The number of benzene rings is 5. The molecule has 0 saturated heterocycles. The van der Waals surface area contributed by atoms with Crippen LogP contribution in [0.25, 0.3) is 11.1 Å². The third-order valence-electron chi connectivity index (χ3n) is 6.34. The quantitative estimate of drug-likeness (QED) is 0.161. The Labute approximate surface area is 200 Å². The second-order valence-electron chi connectivity index (χ2n) is 8.17. The van der Waals surface area contributed by atoms with Gasteiger partial charge in [0.2, 0.25) is 0 Å². The third kappa shape index (κ3) is 3.64. The summed E-state index contributed by atoms with van der Waals surface area (Å²) in [5.41, 5.74) is 1.66. The van der Waals surface area contributed by atoms with E-state index in [-0.39, 0.29) is 10.6 Å². The van der Waals surface area contributed by atoms with Gasteiger partial charge in [-0.2, -0.15) is 0 Å². The van der Waals surface area contributed by atoms with Crippen molar-refractivity contribution < 1.29 is 4.92 Å². The lowest BCUT2D eigenvalue weighted by Gasteiger charge is -2.36. The van der Waals surface area contributed by atoms with Crippen molar-refractivity contribution in [1.29, 1.82) is 0 Å². The molecule has 0 fully saturated rings. The maximum atomic E-state index is 12.0. The van der Waals surface area contributed by atoms with Gasteiger partial charge in [0.05, 0.1) is 10.5 Å². The summed E-state index contributed by atoms with van der Waals surface area (Å²) < 4.78 is 0. The predicted octanol–water partition coefficient (Wildman–Crippen LogP) is 4.64. The fourth-order valence-corrected chi connectivity index (χ4v) is 9.92. The number of hydrogen-bond donors (Lipinski definition) is 0. The van der Waals surface area contributed by atoms with Crippen LogP contribution in [0.3, 0.4) is 0 Å². The first-order valence-corrected chi connectivity index (χ1v) is 13.2. The summed E-state index contributed by atoms with van der Waals surface area (Å²) in [5, 5.41) is 16.8. The lowest BCUT2D eigenvalue weighted by molar-refractivity contribution is -0.384. The zero-order valence-corrected chi connectivity index (χ0v) is 19.5. The fraction of sp³-hybridized carbons (Fsp3) is 0. The molecule has 0 saturated carbocycles. The van der Waals surface area contributed by atoms with Crippen molar-refractivity contribution >= 4 is 34.5 Å². The van der Waals surface area contributed by atoms with Crippen LogP contribution in [0.2, 0.25) is 0 Å². The molecule has 0 aliphatic carbocycles. The van der Waals surface area contributed by atoms with Gasteiger partial charge >= 0.3 is 0 Å². The molecule has 0 atom stereocenters. The largest absolute Gasteiger partial charge is 0.277 e. The third-order valence-corrected chi connectivity index (χ3v) is 11.2. The number of nitro groups is 1. The molecule has 4 heteroatoms. The zero-order valence-electron chi connectivity index (χ0n) is 18.5. The number of nitro benzene ring substituents is 1. The maximum absolute atomic E-state index is 12.0. The highest BCUT2D eigenvalue weighted by atomic mass is 28.3. The van der Waals surface area contributed by atoms with E-state index < -0.39 is 8.07 Å². The van der Waals surface area contributed by atoms with Crippen LogP contribution in [0, 0.1) is 10.1 Å². The van der Waals surface area contributed by atoms with Crippen molar-refractivity contribution in [3.05, 3.63) is 150 Å². The van der Waals surface area contributed by atoms with Gasteiger partial charge in [-0.05, 0) is 32.4 Å². The maximum Gasteiger partial charge on any atom is 0.277 e. The molecule has 5 rings (SSSR count). The highest BCUT2D eigenvalue weighted by Gasteiger charge is 2.43. The molecule has 0 amide bonds. The highest BCUT2D eigenvalue weighted by molar-refractivity contribution is 7.20.